The van der Waals surface area contributed by atoms with Gasteiger partial charge in [0, 0.05) is 12.4 Å². The molecule has 0 atom stereocenters. The second-order valence-corrected chi connectivity index (χ2v) is 4.95. The molecule has 0 fully saturated rings. The van der Waals surface area contributed by atoms with Crippen molar-refractivity contribution >= 4 is 39.9 Å². The van der Waals surface area contributed by atoms with Gasteiger partial charge in [-0.15, -0.1) is 0 Å². The number of para-hydroxylation sites is 2. The molecule has 110 valence electrons. The molecular formula is C16H13ClN4O. The second-order valence-electron chi connectivity index (χ2n) is 4.61. The van der Waals surface area contributed by atoms with Gasteiger partial charge in [0.15, 0.2) is 0 Å². The summed E-state index contributed by atoms with van der Waals surface area (Å²) in [6.45, 7) is 0. The molecule has 0 aliphatic heterocycles. The Balaban J connectivity index is 2.10. The molecule has 0 saturated heterocycles. The average molecular weight is 313 g/mol. The first-order valence-electron chi connectivity index (χ1n) is 6.69. The van der Waals surface area contributed by atoms with Gasteiger partial charge in [0.05, 0.1) is 16.8 Å². The lowest BCUT2D eigenvalue weighted by Gasteiger charge is -2.12. The van der Waals surface area contributed by atoms with E-state index in [-0.39, 0.29) is 11.2 Å². The van der Waals surface area contributed by atoms with Crippen LogP contribution in [0.5, 0.6) is 0 Å². The number of amides is 1. The minimum absolute atomic E-state index is 0.152. The van der Waals surface area contributed by atoms with Crippen LogP contribution < -0.4 is 10.6 Å². The summed E-state index contributed by atoms with van der Waals surface area (Å²) in [5.74, 6) is 0.388. The van der Waals surface area contributed by atoms with Crippen LogP contribution in [0.2, 0.25) is 5.28 Å². The molecule has 2 N–H and O–H groups in total. The number of carbonyl (C=O) groups excluding carboxylic acids is 1. The number of anilines is 2. The summed E-state index contributed by atoms with van der Waals surface area (Å²) >= 11 is 5.98. The van der Waals surface area contributed by atoms with E-state index < -0.39 is 0 Å². The Morgan fingerprint density at radius 2 is 1.77 bits per heavy atom. The van der Waals surface area contributed by atoms with Crippen LogP contribution >= 0.6 is 11.6 Å². The largest absolute Gasteiger partial charge is 0.355 e. The molecule has 2 aromatic carbocycles. The number of hydrogen-bond acceptors (Lipinski definition) is 4. The normalized spacial score (nSPS) is 10.5. The van der Waals surface area contributed by atoms with Gasteiger partial charge in [-0.1, -0.05) is 24.3 Å². The monoisotopic (exact) mass is 312 g/mol. The number of benzene rings is 2. The Labute approximate surface area is 132 Å². The van der Waals surface area contributed by atoms with Crippen LogP contribution in [0.25, 0.3) is 10.9 Å². The number of fused-ring (bicyclic) bond motifs is 1. The molecule has 0 aliphatic rings. The van der Waals surface area contributed by atoms with Gasteiger partial charge in [-0.05, 0) is 35.9 Å². The summed E-state index contributed by atoms with van der Waals surface area (Å²) in [5, 5.41) is 6.78. The summed E-state index contributed by atoms with van der Waals surface area (Å²) in [5.41, 5.74) is 1.92. The molecule has 3 rings (SSSR count). The predicted octanol–water partition coefficient (Wildman–Crippen LogP) is 3.39. The summed E-state index contributed by atoms with van der Waals surface area (Å²) in [4.78, 5) is 20.4. The fraction of sp³-hybridized carbons (Fsp3) is 0.0625. The van der Waals surface area contributed by atoms with E-state index in [9.17, 15) is 4.79 Å². The Bertz CT molecular complexity index is 850. The third-order valence-electron chi connectivity index (χ3n) is 3.23. The number of halogens is 1. The maximum atomic E-state index is 11.9. The van der Waals surface area contributed by atoms with Crippen LogP contribution in [-0.2, 0) is 0 Å². The van der Waals surface area contributed by atoms with E-state index in [2.05, 4.69) is 20.6 Å². The zero-order valence-corrected chi connectivity index (χ0v) is 12.6. The van der Waals surface area contributed by atoms with Crippen LogP contribution in [0, 0.1) is 0 Å². The molecule has 0 bridgehead atoms. The van der Waals surface area contributed by atoms with E-state index in [4.69, 9.17) is 11.6 Å². The van der Waals surface area contributed by atoms with Gasteiger partial charge in [0.2, 0.25) is 5.28 Å². The lowest BCUT2D eigenvalue weighted by molar-refractivity contribution is 0.0964. The third-order valence-corrected chi connectivity index (χ3v) is 3.40. The molecule has 1 aromatic heterocycles. The van der Waals surface area contributed by atoms with Crippen LogP contribution in [0.15, 0.2) is 48.5 Å². The second kappa shape index (κ2) is 5.99. The quantitative estimate of drug-likeness (QED) is 0.728. The number of hydrogen-bond donors (Lipinski definition) is 2. The molecular weight excluding hydrogens is 300 g/mol. The summed E-state index contributed by atoms with van der Waals surface area (Å²) in [7, 11) is 1.59. The number of nitrogens with zero attached hydrogens (tertiary/aromatic N) is 2. The maximum Gasteiger partial charge on any atom is 0.253 e. The predicted molar refractivity (Wildman–Crippen MR) is 87.7 cm³/mol. The fourth-order valence-corrected chi connectivity index (χ4v) is 2.37. The van der Waals surface area contributed by atoms with Crippen molar-refractivity contribution in [2.75, 3.05) is 12.4 Å². The van der Waals surface area contributed by atoms with Crippen molar-refractivity contribution in [1.29, 1.82) is 0 Å². The van der Waals surface area contributed by atoms with Gasteiger partial charge >= 0.3 is 0 Å². The van der Waals surface area contributed by atoms with Gasteiger partial charge in [-0.2, -0.15) is 4.98 Å². The zero-order chi connectivity index (χ0) is 15.5. The highest BCUT2D eigenvalue weighted by Crippen LogP contribution is 2.26. The Kier molecular flexibility index (Phi) is 3.89. The molecule has 0 aliphatic carbocycles. The summed E-state index contributed by atoms with van der Waals surface area (Å²) < 4.78 is 0. The standard InChI is InChI=1S/C16H13ClN4O/c1-18-15(22)11-7-3-5-9-13(11)19-14-10-6-2-4-8-12(10)20-16(17)21-14/h2-9H,1H3,(H,18,22)(H,19,20,21). The first-order chi connectivity index (χ1) is 10.7. The molecule has 1 heterocycles. The smallest absolute Gasteiger partial charge is 0.253 e. The zero-order valence-electron chi connectivity index (χ0n) is 11.8. The topological polar surface area (TPSA) is 66.9 Å². The van der Waals surface area contributed by atoms with E-state index in [1.807, 2.05) is 36.4 Å². The van der Waals surface area contributed by atoms with Crippen molar-refractivity contribution in [3.63, 3.8) is 0 Å². The van der Waals surface area contributed by atoms with Crippen LogP contribution in [-0.4, -0.2) is 22.9 Å². The molecule has 0 saturated carbocycles. The van der Waals surface area contributed by atoms with Crippen LogP contribution in [0.4, 0.5) is 11.5 Å². The van der Waals surface area contributed by atoms with E-state index in [0.717, 1.165) is 10.9 Å². The SMILES string of the molecule is CNC(=O)c1ccccc1Nc1nc(Cl)nc2ccccc12. The van der Waals surface area contributed by atoms with E-state index in [1.54, 1.807) is 19.2 Å². The Morgan fingerprint density at radius 3 is 2.59 bits per heavy atom. The highest BCUT2D eigenvalue weighted by atomic mass is 35.5. The minimum atomic E-state index is -0.174. The molecule has 0 spiro atoms. The number of nitrogens with one attached hydrogen (secondary N) is 2. The van der Waals surface area contributed by atoms with E-state index >= 15 is 0 Å². The van der Waals surface area contributed by atoms with Crippen molar-refractivity contribution < 1.29 is 4.79 Å². The van der Waals surface area contributed by atoms with Crippen molar-refractivity contribution in [3.05, 3.63) is 59.4 Å². The Hall–Kier alpha value is -2.66. The van der Waals surface area contributed by atoms with Crippen molar-refractivity contribution in [2.24, 2.45) is 0 Å². The Morgan fingerprint density at radius 1 is 1.05 bits per heavy atom. The van der Waals surface area contributed by atoms with Crippen molar-refractivity contribution in [3.8, 4) is 0 Å². The van der Waals surface area contributed by atoms with Crippen LogP contribution in [0.3, 0.4) is 0 Å². The van der Waals surface area contributed by atoms with Crippen LogP contribution in [0.1, 0.15) is 10.4 Å². The minimum Gasteiger partial charge on any atom is -0.355 e. The molecule has 22 heavy (non-hydrogen) atoms. The number of aromatic nitrogens is 2. The average Bonchev–Trinajstić information content (AvgIpc) is 2.54. The molecule has 5 nitrogen and oxygen atoms in total. The van der Waals surface area contributed by atoms with Gasteiger partial charge in [-0.3, -0.25) is 4.79 Å². The highest BCUT2D eigenvalue weighted by Gasteiger charge is 2.12. The van der Waals surface area contributed by atoms with Crippen molar-refractivity contribution in [1.82, 2.24) is 15.3 Å². The summed E-state index contributed by atoms with van der Waals surface area (Å²) in [6, 6.07) is 14.8. The van der Waals surface area contributed by atoms with Crippen molar-refractivity contribution in [2.45, 2.75) is 0 Å². The number of carbonyl (C=O) groups is 1. The summed E-state index contributed by atoms with van der Waals surface area (Å²) in [6.07, 6.45) is 0. The first-order valence-corrected chi connectivity index (χ1v) is 7.07. The lowest BCUT2D eigenvalue weighted by Crippen LogP contribution is -2.19. The van der Waals surface area contributed by atoms with Gasteiger partial charge in [-0.25, -0.2) is 4.98 Å². The van der Waals surface area contributed by atoms with E-state index in [1.165, 1.54) is 0 Å². The fourth-order valence-electron chi connectivity index (χ4n) is 2.20. The lowest BCUT2D eigenvalue weighted by atomic mass is 10.1. The highest BCUT2D eigenvalue weighted by molar-refractivity contribution is 6.28. The maximum absolute atomic E-state index is 11.9. The van der Waals surface area contributed by atoms with Gasteiger partial charge < -0.3 is 10.6 Å². The molecule has 0 unspecified atom stereocenters. The van der Waals surface area contributed by atoms with Gasteiger partial charge in [0.25, 0.3) is 5.91 Å². The first kappa shape index (κ1) is 14.3. The third kappa shape index (κ3) is 2.71. The van der Waals surface area contributed by atoms with Gasteiger partial charge in [0.1, 0.15) is 5.82 Å². The molecule has 1 amide bonds. The molecule has 6 heteroatoms. The number of rotatable bonds is 3. The molecule has 0 radical (unpaired) electrons. The van der Waals surface area contributed by atoms with E-state index in [0.29, 0.717) is 17.1 Å². The molecule has 3 aromatic rings.